The number of carbonyl (C=O) groups excluding carboxylic acids is 2. The highest BCUT2D eigenvalue weighted by atomic mass is 35.5. The Balaban J connectivity index is 1.42. The van der Waals surface area contributed by atoms with Gasteiger partial charge in [-0.15, -0.1) is 0 Å². The number of piperidine rings is 1. The van der Waals surface area contributed by atoms with E-state index in [0.717, 1.165) is 47.5 Å². The lowest BCUT2D eigenvalue weighted by molar-refractivity contribution is -0.148. The zero-order valence-electron chi connectivity index (χ0n) is 29.0. The lowest BCUT2D eigenvalue weighted by Crippen LogP contribution is -2.54. The number of anilines is 1. The van der Waals surface area contributed by atoms with Crippen LogP contribution in [-0.4, -0.2) is 96.7 Å². The van der Waals surface area contributed by atoms with Gasteiger partial charge in [0.05, 0.1) is 24.3 Å². The van der Waals surface area contributed by atoms with Crippen molar-refractivity contribution in [3.05, 3.63) is 70.3 Å². The Hall–Kier alpha value is -3.20. The van der Waals surface area contributed by atoms with Crippen LogP contribution in [0.15, 0.2) is 48.6 Å². The highest BCUT2D eigenvalue weighted by molar-refractivity contribution is 7.87. The largest absolute Gasteiger partial charge is 0.487 e. The molecule has 12 nitrogen and oxygen atoms in total. The third kappa shape index (κ3) is 8.55. The molecule has 6 rings (SSSR count). The van der Waals surface area contributed by atoms with Gasteiger partial charge in [0.15, 0.2) is 5.60 Å². The standard InChI is InChI=1S/C37H49ClN4O8S/c1-40-16-4-3-7-33(44)31-12-9-26(31)23-41-17-5-2-6-25-20-29(38)11-8-27(25)24-50-34-13-10-28(21-32(34)41)37(47,22-35(40)45)36(46)39-51(48,49)42-18-14-30(43)15-19-42/h3,7-8,10-11,13,20-21,26,30-31,33,43-44,47H,2,4-6,9,12,14-19,22-24H2,1H3,(H,39,46)/b7-3+/t26-,31+,33-,37+/m0/s1. The molecule has 2 amide bonds. The molecule has 0 radical (unpaired) electrons. The summed E-state index contributed by atoms with van der Waals surface area (Å²) in [4.78, 5) is 31.3. The summed E-state index contributed by atoms with van der Waals surface area (Å²) >= 11 is 6.35. The van der Waals surface area contributed by atoms with E-state index in [4.69, 9.17) is 16.3 Å². The number of aryl methyl sites for hydroxylation is 1. The van der Waals surface area contributed by atoms with Crippen LogP contribution in [0.2, 0.25) is 5.02 Å². The van der Waals surface area contributed by atoms with Gasteiger partial charge in [-0.05, 0) is 104 Å². The van der Waals surface area contributed by atoms with E-state index in [9.17, 15) is 33.3 Å². The quantitative estimate of drug-likeness (QED) is 0.346. The fourth-order valence-corrected chi connectivity index (χ4v) is 8.96. The maximum atomic E-state index is 14.1. The summed E-state index contributed by atoms with van der Waals surface area (Å²) in [5.74, 6) is -1.08. The first-order valence-electron chi connectivity index (χ1n) is 17.9. The maximum Gasteiger partial charge on any atom is 0.303 e. The lowest BCUT2D eigenvalue weighted by atomic mass is 9.70. The molecule has 278 valence electrons. The van der Waals surface area contributed by atoms with Crippen LogP contribution in [0.25, 0.3) is 0 Å². The Morgan fingerprint density at radius 1 is 1.00 bits per heavy atom. The van der Waals surface area contributed by atoms with Gasteiger partial charge < -0.3 is 29.9 Å². The van der Waals surface area contributed by atoms with Crippen LogP contribution in [0.3, 0.4) is 0 Å². The van der Waals surface area contributed by atoms with Crippen molar-refractivity contribution in [2.75, 3.05) is 44.7 Å². The molecule has 1 aliphatic carbocycles. The Labute approximate surface area is 305 Å². The Morgan fingerprint density at radius 2 is 1.78 bits per heavy atom. The molecule has 2 fully saturated rings. The average Bonchev–Trinajstić information content (AvgIpc) is 3.11. The number of carbonyl (C=O) groups is 2. The van der Waals surface area contributed by atoms with Crippen LogP contribution in [0.4, 0.5) is 5.69 Å². The van der Waals surface area contributed by atoms with E-state index in [0.29, 0.717) is 36.0 Å². The fourth-order valence-electron chi connectivity index (χ4n) is 7.54. The van der Waals surface area contributed by atoms with E-state index in [1.165, 1.54) is 11.0 Å². The SMILES string of the molecule is CN1CC/C=C/[C@H](O)[C@@H]2CC[C@H]2CN2CCCCc3cc(Cl)ccc3COc3ccc(cc32)[C@@](O)(C(=O)NS(=O)(=O)N2CCC(O)CC2)CC1=O. The minimum atomic E-state index is -4.41. The predicted octanol–water partition coefficient (Wildman–Crippen LogP) is 3.26. The highest BCUT2D eigenvalue weighted by Gasteiger charge is 2.45. The summed E-state index contributed by atoms with van der Waals surface area (Å²) in [7, 11) is -2.85. The molecule has 2 aromatic carbocycles. The zero-order chi connectivity index (χ0) is 36.3. The van der Waals surface area contributed by atoms with Crippen molar-refractivity contribution in [2.24, 2.45) is 11.8 Å². The first kappa shape index (κ1) is 37.6. The number of ether oxygens (including phenoxy) is 1. The number of fused-ring (bicyclic) bond motifs is 3. The van der Waals surface area contributed by atoms with E-state index in [1.54, 1.807) is 25.3 Å². The van der Waals surface area contributed by atoms with Gasteiger partial charge in [0.2, 0.25) is 5.91 Å². The molecule has 51 heavy (non-hydrogen) atoms. The first-order valence-corrected chi connectivity index (χ1v) is 19.8. The summed E-state index contributed by atoms with van der Waals surface area (Å²) in [6.45, 7) is 1.74. The van der Waals surface area contributed by atoms with Gasteiger partial charge in [-0.25, -0.2) is 4.72 Å². The van der Waals surface area contributed by atoms with Crippen LogP contribution < -0.4 is 14.4 Å². The van der Waals surface area contributed by atoms with Gasteiger partial charge in [0.1, 0.15) is 12.4 Å². The average molecular weight is 745 g/mol. The van der Waals surface area contributed by atoms with Gasteiger partial charge >= 0.3 is 10.2 Å². The summed E-state index contributed by atoms with van der Waals surface area (Å²) in [5, 5.41) is 34.0. The van der Waals surface area contributed by atoms with Crippen LogP contribution >= 0.6 is 11.6 Å². The van der Waals surface area contributed by atoms with E-state index >= 15 is 0 Å². The van der Waals surface area contributed by atoms with Crippen molar-refractivity contribution < 1.29 is 38.1 Å². The summed E-state index contributed by atoms with van der Waals surface area (Å²) < 4.78 is 36.4. The van der Waals surface area contributed by atoms with Gasteiger partial charge in [0, 0.05) is 44.8 Å². The third-order valence-corrected chi connectivity index (χ3v) is 12.7. The van der Waals surface area contributed by atoms with Gasteiger partial charge in [0.25, 0.3) is 5.91 Å². The molecule has 3 heterocycles. The van der Waals surface area contributed by atoms with E-state index in [1.807, 2.05) is 24.3 Å². The van der Waals surface area contributed by atoms with Crippen molar-refractivity contribution >= 4 is 39.3 Å². The van der Waals surface area contributed by atoms with E-state index in [-0.39, 0.29) is 56.5 Å². The fraction of sp³-hybridized carbons (Fsp3) is 0.568. The number of halogens is 1. The zero-order valence-corrected chi connectivity index (χ0v) is 30.6. The monoisotopic (exact) mass is 744 g/mol. The first-order chi connectivity index (χ1) is 24.3. The molecule has 4 atom stereocenters. The smallest absolute Gasteiger partial charge is 0.303 e. The third-order valence-electron chi connectivity index (χ3n) is 11.0. The number of aliphatic hydroxyl groups is 3. The Bertz CT molecular complexity index is 1730. The van der Waals surface area contributed by atoms with Crippen molar-refractivity contribution in [3.8, 4) is 5.75 Å². The van der Waals surface area contributed by atoms with Crippen molar-refractivity contribution in [3.63, 3.8) is 0 Å². The summed E-state index contributed by atoms with van der Waals surface area (Å²) in [5.41, 5.74) is 0.190. The van der Waals surface area contributed by atoms with Crippen molar-refractivity contribution in [1.82, 2.24) is 13.9 Å². The number of hydrogen-bond donors (Lipinski definition) is 4. The molecule has 4 aliphatic rings. The molecule has 4 N–H and O–H groups in total. The number of benzene rings is 2. The van der Waals surface area contributed by atoms with Crippen LogP contribution in [0, 0.1) is 11.8 Å². The molecule has 0 aromatic heterocycles. The predicted molar refractivity (Wildman–Crippen MR) is 193 cm³/mol. The summed E-state index contributed by atoms with van der Waals surface area (Å²) in [6, 6.07) is 10.6. The van der Waals surface area contributed by atoms with Crippen LogP contribution in [0.1, 0.15) is 68.1 Å². The second kappa shape index (κ2) is 15.8. The number of nitrogens with zero attached hydrogens (tertiary/aromatic N) is 3. The molecular weight excluding hydrogens is 696 g/mol. The molecule has 2 aromatic rings. The topological polar surface area (TPSA) is 160 Å². The number of rotatable bonds is 3. The van der Waals surface area contributed by atoms with E-state index in [2.05, 4.69) is 9.62 Å². The van der Waals surface area contributed by atoms with Crippen molar-refractivity contribution in [1.29, 1.82) is 0 Å². The number of nitrogens with one attached hydrogen (secondary N) is 1. The highest BCUT2D eigenvalue weighted by Crippen LogP contribution is 2.42. The van der Waals surface area contributed by atoms with Crippen LogP contribution in [-0.2, 0) is 38.4 Å². The second-order valence-electron chi connectivity index (χ2n) is 14.4. The molecule has 2 bridgehead atoms. The molecule has 0 spiro atoms. The molecule has 3 aliphatic heterocycles. The molecule has 14 heteroatoms. The Kier molecular flexibility index (Phi) is 11.6. The lowest BCUT2D eigenvalue weighted by Gasteiger charge is -2.43. The molecule has 0 unspecified atom stereocenters. The van der Waals surface area contributed by atoms with Crippen molar-refractivity contribution in [2.45, 2.75) is 82.2 Å². The minimum Gasteiger partial charge on any atom is -0.487 e. The minimum absolute atomic E-state index is 0.00866. The number of hydrogen-bond acceptors (Lipinski definition) is 9. The van der Waals surface area contributed by atoms with Crippen LogP contribution in [0.5, 0.6) is 5.75 Å². The normalized spacial score (nSPS) is 27.9. The van der Waals surface area contributed by atoms with Gasteiger partial charge in [-0.2, -0.15) is 12.7 Å². The second-order valence-corrected chi connectivity index (χ2v) is 16.5. The summed E-state index contributed by atoms with van der Waals surface area (Å²) in [6.07, 6.45) is 6.86. The Morgan fingerprint density at radius 3 is 2.53 bits per heavy atom. The molecular formula is C37H49ClN4O8S. The number of amides is 2. The van der Waals surface area contributed by atoms with Gasteiger partial charge in [-0.3, -0.25) is 9.59 Å². The number of aliphatic hydroxyl groups excluding tert-OH is 2. The molecule has 1 saturated carbocycles. The van der Waals surface area contributed by atoms with Gasteiger partial charge in [-0.1, -0.05) is 35.9 Å². The molecule has 1 saturated heterocycles. The van der Waals surface area contributed by atoms with E-state index < -0.39 is 46.3 Å². The maximum absolute atomic E-state index is 14.1.